The first-order chi connectivity index (χ1) is 9.52. The topological polar surface area (TPSA) is 64.3 Å². The van der Waals surface area contributed by atoms with Gasteiger partial charge in [-0.25, -0.2) is 4.98 Å². The lowest BCUT2D eigenvalue weighted by molar-refractivity contribution is 0.379. The zero-order valence-corrected chi connectivity index (χ0v) is 12.4. The number of nitrogen functional groups attached to an aromatic ring is 1. The fraction of sp³-hybridized carbons (Fsp3) is 0.286. The summed E-state index contributed by atoms with van der Waals surface area (Å²) in [5.41, 5.74) is 7.64. The predicted octanol–water partition coefficient (Wildman–Crippen LogP) is 2.92. The minimum Gasteiger partial charge on any atom is -0.467 e. The van der Waals surface area contributed by atoms with Gasteiger partial charge in [0.05, 0.1) is 19.3 Å². The van der Waals surface area contributed by atoms with Crippen LogP contribution in [0.1, 0.15) is 18.5 Å². The molecule has 0 aliphatic carbocycles. The molecule has 0 spiro atoms. The van der Waals surface area contributed by atoms with E-state index in [4.69, 9.17) is 22.1 Å². The molecule has 20 heavy (non-hydrogen) atoms. The standard InChI is InChI=1S/C14H17ClN4O/c1-9(10-5-4-6-11(16)7-10)19(2)13-12(15)8-17-14(18-13)20-3/h4-9H,16H2,1-3H3. The first kappa shape index (κ1) is 14.4. The van der Waals surface area contributed by atoms with Crippen LogP contribution >= 0.6 is 11.6 Å². The number of aromatic nitrogens is 2. The molecule has 106 valence electrons. The van der Waals surface area contributed by atoms with Gasteiger partial charge in [-0.15, -0.1) is 0 Å². The summed E-state index contributed by atoms with van der Waals surface area (Å²) in [4.78, 5) is 10.2. The highest BCUT2D eigenvalue weighted by molar-refractivity contribution is 6.32. The maximum absolute atomic E-state index is 6.16. The van der Waals surface area contributed by atoms with Crippen molar-refractivity contribution in [3.8, 4) is 6.01 Å². The smallest absolute Gasteiger partial charge is 0.318 e. The minimum atomic E-state index is 0.0654. The van der Waals surface area contributed by atoms with Crippen molar-refractivity contribution in [2.45, 2.75) is 13.0 Å². The number of hydrogen-bond acceptors (Lipinski definition) is 5. The van der Waals surface area contributed by atoms with E-state index in [-0.39, 0.29) is 12.1 Å². The van der Waals surface area contributed by atoms with Gasteiger partial charge in [0, 0.05) is 12.7 Å². The SMILES string of the molecule is COc1ncc(Cl)c(N(C)C(C)c2cccc(N)c2)n1. The van der Waals surface area contributed by atoms with Gasteiger partial charge in [-0.3, -0.25) is 0 Å². The first-order valence-corrected chi connectivity index (χ1v) is 6.55. The molecule has 1 heterocycles. The van der Waals surface area contributed by atoms with Gasteiger partial charge in [0.2, 0.25) is 0 Å². The fourth-order valence-electron chi connectivity index (χ4n) is 1.91. The van der Waals surface area contributed by atoms with Crippen LogP contribution in [0.25, 0.3) is 0 Å². The lowest BCUT2D eigenvalue weighted by atomic mass is 10.1. The van der Waals surface area contributed by atoms with Crippen LogP contribution in [0.5, 0.6) is 6.01 Å². The fourth-order valence-corrected chi connectivity index (χ4v) is 2.14. The van der Waals surface area contributed by atoms with Crippen molar-refractivity contribution in [3.05, 3.63) is 41.0 Å². The van der Waals surface area contributed by atoms with Gasteiger partial charge in [0.15, 0.2) is 5.82 Å². The van der Waals surface area contributed by atoms with Gasteiger partial charge in [-0.2, -0.15) is 4.98 Å². The molecule has 2 rings (SSSR count). The largest absolute Gasteiger partial charge is 0.467 e. The molecule has 0 fully saturated rings. The molecule has 0 saturated carbocycles. The van der Waals surface area contributed by atoms with Crippen molar-refractivity contribution in [1.29, 1.82) is 0 Å². The summed E-state index contributed by atoms with van der Waals surface area (Å²) >= 11 is 6.16. The number of rotatable bonds is 4. The molecular weight excluding hydrogens is 276 g/mol. The summed E-state index contributed by atoms with van der Waals surface area (Å²) < 4.78 is 5.04. The Bertz CT molecular complexity index is 605. The Morgan fingerprint density at radius 2 is 2.15 bits per heavy atom. The summed E-state index contributed by atoms with van der Waals surface area (Å²) in [6.45, 7) is 2.06. The summed E-state index contributed by atoms with van der Waals surface area (Å²) in [7, 11) is 3.44. The summed E-state index contributed by atoms with van der Waals surface area (Å²) in [6, 6.07) is 8.09. The Morgan fingerprint density at radius 1 is 1.40 bits per heavy atom. The number of nitrogens with zero attached hydrogens (tertiary/aromatic N) is 3. The number of benzene rings is 1. The highest BCUT2D eigenvalue weighted by Crippen LogP contribution is 2.30. The number of methoxy groups -OCH3 is 1. The Morgan fingerprint density at radius 3 is 2.80 bits per heavy atom. The molecule has 0 aliphatic heterocycles. The number of halogens is 1. The molecule has 0 bridgehead atoms. The van der Waals surface area contributed by atoms with Gasteiger partial charge in [0.25, 0.3) is 0 Å². The molecule has 5 nitrogen and oxygen atoms in total. The van der Waals surface area contributed by atoms with E-state index in [1.54, 1.807) is 0 Å². The molecule has 1 unspecified atom stereocenters. The van der Waals surface area contributed by atoms with E-state index in [9.17, 15) is 0 Å². The van der Waals surface area contributed by atoms with Crippen LogP contribution in [0.3, 0.4) is 0 Å². The van der Waals surface area contributed by atoms with Crippen LogP contribution in [0, 0.1) is 0 Å². The summed E-state index contributed by atoms with van der Waals surface area (Å²) in [6.07, 6.45) is 1.53. The highest BCUT2D eigenvalue weighted by atomic mass is 35.5. The zero-order chi connectivity index (χ0) is 14.7. The van der Waals surface area contributed by atoms with Crippen LogP contribution < -0.4 is 15.4 Å². The Balaban J connectivity index is 2.33. The van der Waals surface area contributed by atoms with Crippen molar-refractivity contribution >= 4 is 23.1 Å². The van der Waals surface area contributed by atoms with Crippen LogP contribution in [0.4, 0.5) is 11.5 Å². The lowest BCUT2D eigenvalue weighted by Gasteiger charge is -2.27. The summed E-state index contributed by atoms with van der Waals surface area (Å²) in [5, 5.41) is 0.476. The molecule has 0 saturated heterocycles. The van der Waals surface area contributed by atoms with Gasteiger partial charge in [-0.1, -0.05) is 23.7 Å². The summed E-state index contributed by atoms with van der Waals surface area (Å²) in [5.74, 6) is 0.619. The van der Waals surface area contributed by atoms with E-state index in [1.807, 2.05) is 36.2 Å². The number of hydrogen-bond donors (Lipinski definition) is 1. The molecule has 1 aromatic heterocycles. The third-order valence-electron chi connectivity index (χ3n) is 3.19. The van der Waals surface area contributed by atoms with Crippen LogP contribution in [-0.4, -0.2) is 24.1 Å². The normalized spacial score (nSPS) is 12.0. The third kappa shape index (κ3) is 2.93. The van der Waals surface area contributed by atoms with Gasteiger partial charge < -0.3 is 15.4 Å². The average molecular weight is 293 g/mol. The minimum absolute atomic E-state index is 0.0654. The Labute approximate surface area is 123 Å². The van der Waals surface area contributed by atoms with E-state index < -0.39 is 0 Å². The molecular formula is C14H17ClN4O. The zero-order valence-electron chi connectivity index (χ0n) is 11.7. The van der Waals surface area contributed by atoms with E-state index in [1.165, 1.54) is 13.3 Å². The molecule has 0 aliphatic rings. The maximum Gasteiger partial charge on any atom is 0.318 e. The molecule has 2 N–H and O–H groups in total. The quantitative estimate of drug-likeness (QED) is 0.878. The van der Waals surface area contributed by atoms with Crippen molar-refractivity contribution in [3.63, 3.8) is 0 Å². The highest BCUT2D eigenvalue weighted by Gasteiger charge is 2.17. The lowest BCUT2D eigenvalue weighted by Crippen LogP contribution is -2.23. The molecule has 1 atom stereocenters. The maximum atomic E-state index is 6.16. The molecule has 6 heteroatoms. The second-order valence-corrected chi connectivity index (χ2v) is 4.89. The van der Waals surface area contributed by atoms with Crippen molar-refractivity contribution < 1.29 is 4.74 Å². The Hall–Kier alpha value is -2.01. The second kappa shape index (κ2) is 5.96. The van der Waals surface area contributed by atoms with Crippen molar-refractivity contribution in [1.82, 2.24) is 9.97 Å². The van der Waals surface area contributed by atoms with Crippen LogP contribution in [0.15, 0.2) is 30.5 Å². The van der Waals surface area contributed by atoms with Crippen LogP contribution in [-0.2, 0) is 0 Å². The van der Waals surface area contributed by atoms with Crippen molar-refractivity contribution in [2.24, 2.45) is 0 Å². The molecule has 1 aromatic carbocycles. The number of nitrogens with two attached hydrogens (primary N) is 1. The van der Waals surface area contributed by atoms with E-state index in [0.717, 1.165) is 11.3 Å². The van der Waals surface area contributed by atoms with E-state index >= 15 is 0 Å². The van der Waals surface area contributed by atoms with Crippen LogP contribution in [0.2, 0.25) is 5.02 Å². The molecule has 0 radical (unpaired) electrons. The molecule has 0 amide bonds. The Kier molecular flexibility index (Phi) is 4.29. The third-order valence-corrected chi connectivity index (χ3v) is 3.46. The number of anilines is 2. The second-order valence-electron chi connectivity index (χ2n) is 4.49. The molecule has 2 aromatic rings. The van der Waals surface area contributed by atoms with Gasteiger partial charge in [-0.05, 0) is 24.6 Å². The van der Waals surface area contributed by atoms with E-state index in [2.05, 4.69) is 16.9 Å². The average Bonchev–Trinajstić information content (AvgIpc) is 2.46. The monoisotopic (exact) mass is 292 g/mol. The predicted molar refractivity (Wildman–Crippen MR) is 81.3 cm³/mol. The van der Waals surface area contributed by atoms with E-state index in [0.29, 0.717) is 10.8 Å². The van der Waals surface area contributed by atoms with Crippen molar-refractivity contribution in [2.75, 3.05) is 24.8 Å². The first-order valence-electron chi connectivity index (χ1n) is 6.17. The van der Waals surface area contributed by atoms with Gasteiger partial charge >= 0.3 is 6.01 Å². The van der Waals surface area contributed by atoms with Gasteiger partial charge in [0.1, 0.15) is 5.02 Å². The number of ether oxygens (including phenoxy) is 1.